The van der Waals surface area contributed by atoms with Crippen LogP contribution in [0.4, 0.5) is 5.69 Å². The average Bonchev–Trinajstić information content (AvgIpc) is 2.22. The highest BCUT2D eigenvalue weighted by atomic mass is 35.5. The second-order valence-electron chi connectivity index (χ2n) is 2.97. The minimum absolute atomic E-state index is 0.302. The summed E-state index contributed by atoms with van der Waals surface area (Å²) in [5.74, 6) is 0.789. The van der Waals surface area contributed by atoms with Gasteiger partial charge < -0.3 is 10.5 Å². The monoisotopic (exact) mass is 255 g/mol. The summed E-state index contributed by atoms with van der Waals surface area (Å²) in [7, 11) is 0. The van der Waals surface area contributed by atoms with Crippen molar-refractivity contribution in [1.29, 1.82) is 0 Å². The fourth-order valence-electron chi connectivity index (χ4n) is 1.09. The van der Waals surface area contributed by atoms with Crippen LogP contribution in [0.25, 0.3) is 0 Å². The van der Waals surface area contributed by atoms with E-state index in [4.69, 9.17) is 33.7 Å². The third-order valence-electron chi connectivity index (χ3n) is 1.78. The van der Waals surface area contributed by atoms with Gasteiger partial charge in [0.05, 0.1) is 5.02 Å². The average molecular weight is 256 g/mol. The molecule has 1 aromatic carbocycles. The molecule has 0 spiro atoms. The van der Waals surface area contributed by atoms with Gasteiger partial charge in [-0.1, -0.05) is 23.2 Å². The van der Waals surface area contributed by atoms with E-state index in [0.29, 0.717) is 27.5 Å². The number of rotatable bonds is 2. The van der Waals surface area contributed by atoms with Crippen LogP contribution in [-0.4, -0.2) is 9.97 Å². The van der Waals surface area contributed by atoms with E-state index in [1.54, 1.807) is 18.2 Å². The second kappa shape index (κ2) is 4.55. The number of hydrogen-bond donors (Lipinski definition) is 1. The number of anilines is 1. The Hall–Kier alpha value is -1.52. The lowest BCUT2D eigenvalue weighted by molar-refractivity contribution is 0.462. The van der Waals surface area contributed by atoms with Crippen LogP contribution < -0.4 is 10.5 Å². The van der Waals surface area contributed by atoms with Crippen molar-refractivity contribution in [1.82, 2.24) is 9.97 Å². The Morgan fingerprint density at radius 2 is 1.94 bits per heavy atom. The van der Waals surface area contributed by atoms with Gasteiger partial charge in [0.15, 0.2) is 0 Å². The highest BCUT2D eigenvalue weighted by Crippen LogP contribution is 2.30. The number of nitrogen functional groups attached to an aromatic ring is 1. The first-order valence-electron chi connectivity index (χ1n) is 4.35. The predicted molar refractivity (Wildman–Crippen MR) is 63.0 cm³/mol. The molecule has 4 nitrogen and oxygen atoms in total. The highest BCUT2D eigenvalue weighted by molar-refractivity contribution is 6.32. The van der Waals surface area contributed by atoms with Gasteiger partial charge in [0.25, 0.3) is 0 Å². The van der Waals surface area contributed by atoms with Gasteiger partial charge in [-0.15, -0.1) is 0 Å². The van der Waals surface area contributed by atoms with E-state index in [1.165, 1.54) is 12.4 Å². The summed E-state index contributed by atoms with van der Waals surface area (Å²) >= 11 is 11.6. The van der Waals surface area contributed by atoms with Crippen molar-refractivity contribution in [3.05, 3.63) is 40.8 Å². The summed E-state index contributed by atoms with van der Waals surface area (Å²) < 4.78 is 5.42. The summed E-state index contributed by atoms with van der Waals surface area (Å²) in [6, 6.07) is 6.44. The highest BCUT2D eigenvalue weighted by Gasteiger charge is 2.05. The summed E-state index contributed by atoms with van der Waals surface area (Å²) in [4.78, 5) is 7.63. The van der Waals surface area contributed by atoms with E-state index in [1.807, 2.05) is 0 Å². The van der Waals surface area contributed by atoms with Gasteiger partial charge in [-0.2, -0.15) is 0 Å². The van der Waals surface area contributed by atoms with Gasteiger partial charge in [0.1, 0.15) is 17.2 Å². The maximum Gasteiger partial charge on any atom is 0.223 e. The summed E-state index contributed by atoms with van der Waals surface area (Å²) in [6.45, 7) is 0. The van der Waals surface area contributed by atoms with E-state index < -0.39 is 0 Å². The van der Waals surface area contributed by atoms with Crippen molar-refractivity contribution in [3.63, 3.8) is 0 Å². The maximum atomic E-state index is 5.94. The summed E-state index contributed by atoms with van der Waals surface area (Å²) in [5.41, 5.74) is 6.13. The van der Waals surface area contributed by atoms with Crippen molar-refractivity contribution in [2.24, 2.45) is 0 Å². The molecule has 0 bridgehead atoms. The first-order chi connectivity index (χ1) is 7.65. The van der Waals surface area contributed by atoms with E-state index in [2.05, 4.69) is 9.97 Å². The number of benzene rings is 1. The third kappa shape index (κ3) is 2.53. The Bertz CT molecular complexity index is 519. The molecular formula is C10H7Cl2N3O. The van der Waals surface area contributed by atoms with Crippen LogP contribution in [0, 0.1) is 0 Å². The molecule has 82 valence electrons. The molecule has 0 aliphatic carbocycles. The molecule has 0 saturated carbocycles. The van der Waals surface area contributed by atoms with Crippen LogP contribution in [-0.2, 0) is 0 Å². The van der Waals surface area contributed by atoms with Crippen molar-refractivity contribution >= 4 is 28.9 Å². The van der Waals surface area contributed by atoms with Crippen molar-refractivity contribution in [3.8, 4) is 11.6 Å². The summed E-state index contributed by atoms with van der Waals surface area (Å²) in [6.07, 6.45) is 1.31. The number of ether oxygens (including phenoxy) is 1. The third-order valence-corrected chi connectivity index (χ3v) is 2.28. The zero-order valence-corrected chi connectivity index (χ0v) is 9.53. The van der Waals surface area contributed by atoms with Gasteiger partial charge >= 0.3 is 0 Å². The molecule has 0 unspecified atom stereocenters. The van der Waals surface area contributed by atoms with Gasteiger partial charge in [-0.3, -0.25) is 0 Å². The van der Waals surface area contributed by atoms with Crippen LogP contribution in [0.15, 0.2) is 30.6 Å². The Labute approximate surface area is 102 Å². The zero-order chi connectivity index (χ0) is 11.5. The standard InChI is InChI=1S/C10H7Cl2N3O/c11-7-3-6(13)1-2-8(7)16-10-4-9(12)14-5-15-10/h1-5H,13H2. The molecule has 0 radical (unpaired) electrons. The van der Waals surface area contributed by atoms with Crippen molar-refractivity contribution in [2.45, 2.75) is 0 Å². The molecule has 0 atom stereocenters. The summed E-state index contributed by atoms with van der Waals surface area (Å²) in [5, 5.41) is 0.714. The lowest BCUT2D eigenvalue weighted by Gasteiger charge is -2.06. The van der Waals surface area contributed by atoms with Gasteiger partial charge in [0, 0.05) is 11.8 Å². The largest absolute Gasteiger partial charge is 0.437 e. The van der Waals surface area contributed by atoms with E-state index >= 15 is 0 Å². The number of halogens is 2. The first kappa shape index (κ1) is 11.0. The first-order valence-corrected chi connectivity index (χ1v) is 5.11. The van der Waals surface area contributed by atoms with Crippen LogP contribution in [0.2, 0.25) is 10.2 Å². The number of hydrogen-bond acceptors (Lipinski definition) is 4. The smallest absolute Gasteiger partial charge is 0.223 e. The molecule has 6 heteroatoms. The van der Waals surface area contributed by atoms with Crippen LogP contribution in [0.3, 0.4) is 0 Å². The fourth-order valence-corrected chi connectivity index (χ4v) is 1.45. The van der Waals surface area contributed by atoms with E-state index in [0.717, 1.165) is 0 Å². The molecule has 0 fully saturated rings. The SMILES string of the molecule is Nc1ccc(Oc2cc(Cl)ncn2)c(Cl)c1. The molecule has 0 saturated heterocycles. The van der Waals surface area contributed by atoms with E-state index in [-0.39, 0.29) is 0 Å². The Morgan fingerprint density at radius 1 is 1.12 bits per heavy atom. The lowest BCUT2D eigenvalue weighted by atomic mass is 10.3. The quantitative estimate of drug-likeness (QED) is 0.662. The fraction of sp³-hybridized carbons (Fsp3) is 0. The molecule has 16 heavy (non-hydrogen) atoms. The van der Waals surface area contributed by atoms with Crippen LogP contribution >= 0.6 is 23.2 Å². The lowest BCUT2D eigenvalue weighted by Crippen LogP contribution is -1.91. The molecule has 1 heterocycles. The van der Waals surface area contributed by atoms with Crippen LogP contribution in [0.5, 0.6) is 11.6 Å². The molecule has 0 aliphatic rings. The van der Waals surface area contributed by atoms with Crippen molar-refractivity contribution < 1.29 is 4.74 Å². The Balaban J connectivity index is 2.27. The Morgan fingerprint density at radius 3 is 2.62 bits per heavy atom. The predicted octanol–water partition coefficient (Wildman–Crippen LogP) is 3.16. The zero-order valence-electron chi connectivity index (χ0n) is 8.02. The van der Waals surface area contributed by atoms with Crippen molar-refractivity contribution in [2.75, 3.05) is 5.73 Å². The molecule has 2 N–H and O–H groups in total. The normalized spacial score (nSPS) is 10.1. The maximum absolute atomic E-state index is 5.94. The van der Waals surface area contributed by atoms with Gasteiger partial charge in [-0.25, -0.2) is 9.97 Å². The molecule has 2 rings (SSSR count). The van der Waals surface area contributed by atoms with Gasteiger partial charge in [-0.05, 0) is 18.2 Å². The topological polar surface area (TPSA) is 61.0 Å². The molecule has 0 amide bonds. The molecular weight excluding hydrogens is 249 g/mol. The second-order valence-corrected chi connectivity index (χ2v) is 3.77. The minimum atomic E-state index is 0.302. The van der Waals surface area contributed by atoms with Crippen LogP contribution in [0.1, 0.15) is 0 Å². The Kier molecular flexibility index (Phi) is 3.12. The van der Waals surface area contributed by atoms with Gasteiger partial charge in [0.2, 0.25) is 5.88 Å². The van der Waals surface area contributed by atoms with E-state index in [9.17, 15) is 0 Å². The molecule has 2 aromatic rings. The number of nitrogens with zero attached hydrogens (tertiary/aromatic N) is 2. The number of aromatic nitrogens is 2. The molecule has 1 aromatic heterocycles. The number of nitrogens with two attached hydrogens (primary N) is 1. The minimum Gasteiger partial charge on any atom is -0.437 e. The molecule has 0 aliphatic heterocycles.